The molecule has 2 N–H and O–H groups in total. The van der Waals surface area contributed by atoms with E-state index >= 15 is 0 Å². The molecule has 0 spiro atoms. The fourth-order valence-corrected chi connectivity index (χ4v) is 3.34. The first-order chi connectivity index (χ1) is 12.2. The second-order valence-corrected chi connectivity index (χ2v) is 7.13. The molecule has 0 atom stereocenters. The number of hydrogen-bond acceptors (Lipinski definition) is 3. The standard InChI is InChI=1S/C22H43NO2/c1-5-9-13-19(14-10-6-2)21(22(24)25-18-17-23)20(15-11-7-3)16-12-8-4/h19H,5-18,23H2,1-4H3. The maximum atomic E-state index is 12.9. The van der Waals surface area contributed by atoms with Crippen LogP contribution in [0.4, 0.5) is 0 Å². The largest absolute Gasteiger partial charge is 0.461 e. The van der Waals surface area contributed by atoms with E-state index in [-0.39, 0.29) is 5.97 Å². The molecule has 0 aliphatic rings. The molecule has 0 unspecified atom stereocenters. The van der Waals surface area contributed by atoms with Crippen molar-refractivity contribution in [2.75, 3.05) is 13.2 Å². The molecule has 0 radical (unpaired) electrons. The number of nitrogens with two attached hydrogens (primary N) is 1. The quantitative estimate of drug-likeness (QED) is 0.267. The Balaban J connectivity index is 5.64. The number of esters is 1. The van der Waals surface area contributed by atoms with Gasteiger partial charge in [0.15, 0.2) is 0 Å². The number of allylic oxidation sites excluding steroid dienone is 1. The van der Waals surface area contributed by atoms with Crippen molar-refractivity contribution in [2.45, 2.75) is 105 Å². The fourth-order valence-electron chi connectivity index (χ4n) is 3.34. The zero-order chi connectivity index (χ0) is 18.9. The average molecular weight is 354 g/mol. The highest BCUT2D eigenvalue weighted by Crippen LogP contribution is 2.32. The van der Waals surface area contributed by atoms with Gasteiger partial charge >= 0.3 is 5.97 Å². The minimum Gasteiger partial charge on any atom is -0.461 e. The smallest absolute Gasteiger partial charge is 0.334 e. The highest BCUT2D eigenvalue weighted by molar-refractivity contribution is 5.90. The summed E-state index contributed by atoms with van der Waals surface area (Å²) >= 11 is 0. The number of rotatable bonds is 16. The van der Waals surface area contributed by atoms with Gasteiger partial charge in [0.1, 0.15) is 6.61 Å². The molecule has 3 nitrogen and oxygen atoms in total. The van der Waals surface area contributed by atoms with Crippen LogP contribution in [0, 0.1) is 5.92 Å². The summed E-state index contributed by atoms with van der Waals surface area (Å²) in [5.41, 5.74) is 7.93. The van der Waals surface area contributed by atoms with E-state index in [1.54, 1.807) is 0 Å². The normalized spacial score (nSPS) is 11.0. The molecule has 0 heterocycles. The van der Waals surface area contributed by atoms with Crippen molar-refractivity contribution in [2.24, 2.45) is 11.7 Å². The van der Waals surface area contributed by atoms with Crippen LogP contribution in [0.1, 0.15) is 105 Å². The number of unbranched alkanes of at least 4 members (excludes halogenated alkanes) is 4. The van der Waals surface area contributed by atoms with Crippen molar-refractivity contribution < 1.29 is 9.53 Å². The van der Waals surface area contributed by atoms with E-state index in [4.69, 9.17) is 10.5 Å². The Kier molecular flexibility index (Phi) is 16.1. The van der Waals surface area contributed by atoms with Crippen molar-refractivity contribution in [1.82, 2.24) is 0 Å². The molecule has 25 heavy (non-hydrogen) atoms. The Morgan fingerprint density at radius 1 is 0.840 bits per heavy atom. The summed E-state index contributed by atoms with van der Waals surface area (Å²) in [4.78, 5) is 12.9. The summed E-state index contributed by atoms with van der Waals surface area (Å²) < 4.78 is 5.51. The van der Waals surface area contributed by atoms with E-state index in [0.717, 1.165) is 56.9 Å². The summed E-state index contributed by atoms with van der Waals surface area (Å²) in [6.07, 6.45) is 13.6. The van der Waals surface area contributed by atoms with Gasteiger partial charge in [-0.05, 0) is 44.4 Å². The number of ether oxygens (including phenoxy) is 1. The molecule has 3 heteroatoms. The zero-order valence-electron chi connectivity index (χ0n) is 17.4. The van der Waals surface area contributed by atoms with Crippen LogP contribution in [0.3, 0.4) is 0 Å². The van der Waals surface area contributed by atoms with E-state index in [1.807, 2.05) is 0 Å². The lowest BCUT2D eigenvalue weighted by Crippen LogP contribution is -2.22. The molecule has 0 aromatic rings. The summed E-state index contributed by atoms with van der Waals surface area (Å²) in [6.45, 7) is 9.60. The van der Waals surface area contributed by atoms with Crippen LogP contribution in [0.25, 0.3) is 0 Å². The molecule has 0 aliphatic heterocycles. The predicted octanol–water partition coefficient (Wildman–Crippen LogP) is 6.16. The topological polar surface area (TPSA) is 52.3 Å². The highest BCUT2D eigenvalue weighted by Gasteiger charge is 2.25. The van der Waals surface area contributed by atoms with Crippen molar-refractivity contribution in [3.63, 3.8) is 0 Å². The van der Waals surface area contributed by atoms with Crippen LogP contribution in [0.15, 0.2) is 11.1 Å². The molecule has 0 amide bonds. The number of hydrogen-bond donors (Lipinski definition) is 1. The maximum absolute atomic E-state index is 12.9. The van der Waals surface area contributed by atoms with Gasteiger partial charge in [-0.25, -0.2) is 4.79 Å². The van der Waals surface area contributed by atoms with Crippen LogP contribution in [0.5, 0.6) is 0 Å². The summed E-state index contributed by atoms with van der Waals surface area (Å²) in [5, 5.41) is 0. The minimum atomic E-state index is -0.0927. The third kappa shape index (κ3) is 10.7. The molecule has 0 rings (SSSR count). The monoisotopic (exact) mass is 353 g/mol. The molecule has 0 saturated heterocycles. The lowest BCUT2D eigenvalue weighted by molar-refractivity contribution is -0.139. The van der Waals surface area contributed by atoms with Gasteiger partial charge in [-0.2, -0.15) is 0 Å². The Hall–Kier alpha value is -0.830. The van der Waals surface area contributed by atoms with Gasteiger partial charge in [0.25, 0.3) is 0 Å². The molecule has 0 aliphatic carbocycles. The van der Waals surface area contributed by atoms with Crippen LogP contribution in [-0.4, -0.2) is 19.1 Å². The maximum Gasteiger partial charge on any atom is 0.334 e. The predicted molar refractivity (Wildman–Crippen MR) is 109 cm³/mol. The molecule has 0 aromatic carbocycles. The molecular weight excluding hydrogens is 310 g/mol. The van der Waals surface area contributed by atoms with Crippen molar-refractivity contribution >= 4 is 5.97 Å². The van der Waals surface area contributed by atoms with Crippen molar-refractivity contribution in [3.8, 4) is 0 Å². The Morgan fingerprint density at radius 3 is 1.72 bits per heavy atom. The number of carbonyl (C=O) groups is 1. The van der Waals surface area contributed by atoms with Gasteiger partial charge in [0.2, 0.25) is 0 Å². The first-order valence-corrected chi connectivity index (χ1v) is 10.7. The van der Waals surface area contributed by atoms with Gasteiger partial charge < -0.3 is 10.5 Å². The first kappa shape index (κ1) is 24.2. The van der Waals surface area contributed by atoms with Crippen LogP contribution < -0.4 is 5.73 Å². The SMILES string of the molecule is CCCCC(CCCC)=C(C(=O)OCCN)C(CCCC)CCCC. The first-order valence-electron chi connectivity index (χ1n) is 10.7. The Bertz CT molecular complexity index is 345. The van der Waals surface area contributed by atoms with Crippen molar-refractivity contribution in [1.29, 1.82) is 0 Å². The molecule has 0 bridgehead atoms. The zero-order valence-corrected chi connectivity index (χ0v) is 17.4. The van der Waals surface area contributed by atoms with E-state index < -0.39 is 0 Å². The molecule has 0 aromatic heterocycles. The van der Waals surface area contributed by atoms with E-state index in [2.05, 4.69) is 27.7 Å². The lowest BCUT2D eigenvalue weighted by Gasteiger charge is -2.23. The molecular formula is C22H43NO2. The molecule has 0 fully saturated rings. The number of carbonyl (C=O) groups excluding carboxylic acids is 1. The van der Waals surface area contributed by atoms with Gasteiger partial charge in [0, 0.05) is 12.1 Å². The van der Waals surface area contributed by atoms with Crippen LogP contribution in [0.2, 0.25) is 0 Å². The van der Waals surface area contributed by atoms with E-state index in [9.17, 15) is 4.79 Å². The van der Waals surface area contributed by atoms with Crippen LogP contribution >= 0.6 is 0 Å². The van der Waals surface area contributed by atoms with Crippen molar-refractivity contribution in [3.05, 3.63) is 11.1 Å². The van der Waals surface area contributed by atoms with E-state index in [1.165, 1.54) is 31.3 Å². The summed E-state index contributed by atoms with van der Waals surface area (Å²) in [6, 6.07) is 0. The summed E-state index contributed by atoms with van der Waals surface area (Å²) in [7, 11) is 0. The second-order valence-electron chi connectivity index (χ2n) is 7.13. The fraction of sp³-hybridized carbons (Fsp3) is 0.864. The van der Waals surface area contributed by atoms with Gasteiger partial charge in [-0.15, -0.1) is 0 Å². The highest BCUT2D eigenvalue weighted by atomic mass is 16.5. The summed E-state index contributed by atoms with van der Waals surface area (Å²) in [5.74, 6) is 0.263. The minimum absolute atomic E-state index is 0.0927. The molecule has 0 saturated carbocycles. The molecule has 148 valence electrons. The average Bonchev–Trinajstić information content (AvgIpc) is 2.63. The second kappa shape index (κ2) is 16.6. The lowest BCUT2D eigenvalue weighted by atomic mass is 9.83. The third-order valence-electron chi connectivity index (χ3n) is 4.84. The van der Waals surface area contributed by atoms with Gasteiger partial charge in [-0.3, -0.25) is 0 Å². The van der Waals surface area contributed by atoms with Crippen LogP contribution in [-0.2, 0) is 9.53 Å². The van der Waals surface area contributed by atoms with Gasteiger partial charge in [0.05, 0.1) is 0 Å². The van der Waals surface area contributed by atoms with Gasteiger partial charge in [-0.1, -0.05) is 71.8 Å². The Morgan fingerprint density at radius 2 is 1.32 bits per heavy atom. The Labute approximate surface area is 156 Å². The third-order valence-corrected chi connectivity index (χ3v) is 4.84. The van der Waals surface area contributed by atoms with E-state index in [0.29, 0.717) is 19.1 Å².